The van der Waals surface area contributed by atoms with Crippen molar-refractivity contribution in [1.82, 2.24) is 9.47 Å². The number of rotatable bonds is 5. The second-order valence-corrected chi connectivity index (χ2v) is 10.3. The number of sulfonamides is 1. The summed E-state index contributed by atoms with van der Waals surface area (Å²) in [4.78, 5) is 27.0. The summed E-state index contributed by atoms with van der Waals surface area (Å²) in [6, 6.07) is 17.0. The Labute approximate surface area is 201 Å². The van der Waals surface area contributed by atoms with Crippen molar-refractivity contribution in [2.24, 2.45) is 5.14 Å². The van der Waals surface area contributed by atoms with Crippen LogP contribution in [0.2, 0.25) is 0 Å². The maximum atomic E-state index is 13.0. The number of hydrogen-bond donors (Lipinski definition) is 1. The fourth-order valence-corrected chi connectivity index (χ4v) is 5.18. The van der Waals surface area contributed by atoms with Crippen LogP contribution >= 0.6 is 11.8 Å². The highest BCUT2D eigenvalue weighted by atomic mass is 32.2. The molecule has 10 heteroatoms. The molecule has 0 bridgehead atoms. The lowest BCUT2D eigenvalue weighted by Gasteiger charge is -2.13. The highest BCUT2D eigenvalue weighted by molar-refractivity contribution is 8.18. The van der Waals surface area contributed by atoms with E-state index in [1.807, 2.05) is 24.5 Å². The van der Waals surface area contributed by atoms with Gasteiger partial charge in [-0.2, -0.15) is 5.26 Å². The summed E-state index contributed by atoms with van der Waals surface area (Å²) in [7, 11) is -3.79. The number of primary sulfonamides is 1. The Morgan fingerprint density at radius 3 is 2.41 bits per heavy atom. The Balaban J connectivity index is 1.63. The van der Waals surface area contributed by atoms with E-state index in [1.54, 1.807) is 42.5 Å². The molecule has 1 saturated heterocycles. The molecule has 1 fully saturated rings. The molecule has 2 amide bonds. The number of thioether (sulfide) groups is 1. The van der Waals surface area contributed by atoms with Crippen LogP contribution in [0.4, 0.5) is 4.79 Å². The van der Waals surface area contributed by atoms with Crippen molar-refractivity contribution in [2.75, 3.05) is 0 Å². The standard InChI is InChI=1S/C24H20N4O4S2/c1-15-11-19(16(2)28(15)20-7-9-21(10-8-20)34(26,31)32)12-22-23(29)27(24(30)33-22)14-18-6-4-3-5-17(18)13-25/h3-12H,14H2,1-2H3,(H2,26,31,32)/b22-12+. The van der Waals surface area contributed by atoms with E-state index >= 15 is 0 Å². The van der Waals surface area contributed by atoms with E-state index in [-0.39, 0.29) is 11.4 Å². The minimum Gasteiger partial charge on any atom is -0.318 e. The lowest BCUT2D eigenvalue weighted by atomic mass is 10.1. The minimum absolute atomic E-state index is 0.0191. The van der Waals surface area contributed by atoms with Crippen LogP contribution in [0.5, 0.6) is 0 Å². The second kappa shape index (κ2) is 8.95. The molecule has 2 heterocycles. The third-order valence-electron chi connectivity index (χ3n) is 5.52. The van der Waals surface area contributed by atoms with E-state index in [1.165, 1.54) is 12.1 Å². The fourth-order valence-electron chi connectivity index (χ4n) is 3.83. The van der Waals surface area contributed by atoms with E-state index in [2.05, 4.69) is 6.07 Å². The molecule has 2 aromatic carbocycles. The monoisotopic (exact) mass is 492 g/mol. The normalized spacial score (nSPS) is 15.2. The summed E-state index contributed by atoms with van der Waals surface area (Å²) in [5.74, 6) is -0.412. The number of carbonyl (C=O) groups is 2. The zero-order valence-corrected chi connectivity index (χ0v) is 20.0. The van der Waals surface area contributed by atoms with Gasteiger partial charge >= 0.3 is 0 Å². The third-order valence-corrected chi connectivity index (χ3v) is 7.36. The first kappa shape index (κ1) is 23.5. The van der Waals surface area contributed by atoms with Gasteiger partial charge in [-0.25, -0.2) is 13.6 Å². The van der Waals surface area contributed by atoms with Gasteiger partial charge in [0, 0.05) is 17.1 Å². The van der Waals surface area contributed by atoms with Gasteiger partial charge in [0.1, 0.15) is 0 Å². The molecule has 1 aliphatic heterocycles. The molecule has 0 atom stereocenters. The van der Waals surface area contributed by atoms with E-state index in [0.29, 0.717) is 16.0 Å². The maximum absolute atomic E-state index is 13.0. The SMILES string of the molecule is Cc1cc(/C=C2/SC(=O)N(Cc3ccccc3C#N)C2=O)c(C)n1-c1ccc(S(N)(=O)=O)cc1. The Bertz CT molecular complexity index is 1500. The van der Waals surface area contributed by atoms with Gasteiger partial charge in [0.2, 0.25) is 10.0 Å². The first-order valence-corrected chi connectivity index (χ1v) is 12.5. The van der Waals surface area contributed by atoms with Gasteiger partial charge in [0.15, 0.2) is 0 Å². The second-order valence-electron chi connectivity index (χ2n) is 7.74. The summed E-state index contributed by atoms with van der Waals surface area (Å²) >= 11 is 0.859. The average Bonchev–Trinajstić information content (AvgIpc) is 3.22. The Morgan fingerprint density at radius 1 is 1.09 bits per heavy atom. The topological polar surface area (TPSA) is 126 Å². The van der Waals surface area contributed by atoms with Gasteiger partial charge in [0.05, 0.1) is 28.0 Å². The van der Waals surface area contributed by atoms with Crippen LogP contribution in [0.15, 0.2) is 64.4 Å². The number of nitrogens with two attached hydrogens (primary N) is 1. The first-order valence-electron chi connectivity index (χ1n) is 10.2. The molecular formula is C24H20N4O4S2. The molecule has 34 heavy (non-hydrogen) atoms. The van der Waals surface area contributed by atoms with Crippen molar-refractivity contribution in [2.45, 2.75) is 25.3 Å². The van der Waals surface area contributed by atoms with Crippen LogP contribution in [-0.2, 0) is 21.4 Å². The van der Waals surface area contributed by atoms with Gasteiger partial charge in [-0.05, 0) is 79.2 Å². The quantitative estimate of drug-likeness (QED) is 0.539. The van der Waals surface area contributed by atoms with Gasteiger partial charge in [0.25, 0.3) is 11.1 Å². The molecule has 0 saturated carbocycles. The summed E-state index contributed by atoms with van der Waals surface area (Å²) in [6.45, 7) is 3.80. The minimum atomic E-state index is -3.79. The van der Waals surface area contributed by atoms with E-state index in [4.69, 9.17) is 5.14 Å². The number of hydrogen-bond acceptors (Lipinski definition) is 6. The molecule has 172 valence electrons. The van der Waals surface area contributed by atoms with Crippen LogP contribution in [0.3, 0.4) is 0 Å². The molecule has 0 radical (unpaired) electrons. The molecule has 2 N–H and O–H groups in total. The van der Waals surface area contributed by atoms with Crippen molar-refractivity contribution in [3.63, 3.8) is 0 Å². The fraction of sp³-hybridized carbons (Fsp3) is 0.125. The largest absolute Gasteiger partial charge is 0.318 e. The highest BCUT2D eigenvalue weighted by Gasteiger charge is 2.35. The molecule has 8 nitrogen and oxygen atoms in total. The van der Waals surface area contributed by atoms with Crippen LogP contribution in [0.1, 0.15) is 28.1 Å². The van der Waals surface area contributed by atoms with Crippen LogP contribution in [0.25, 0.3) is 11.8 Å². The van der Waals surface area contributed by atoms with Crippen LogP contribution in [-0.4, -0.2) is 29.0 Å². The molecule has 3 aromatic rings. The number of aryl methyl sites for hydroxylation is 1. The molecule has 0 unspecified atom stereocenters. The zero-order valence-electron chi connectivity index (χ0n) is 18.3. The van der Waals surface area contributed by atoms with Crippen molar-refractivity contribution in [3.8, 4) is 11.8 Å². The van der Waals surface area contributed by atoms with E-state index in [9.17, 15) is 23.3 Å². The number of carbonyl (C=O) groups excluding carboxylic acids is 2. The summed E-state index contributed by atoms with van der Waals surface area (Å²) in [6.07, 6.45) is 1.68. The smallest absolute Gasteiger partial charge is 0.293 e. The number of aromatic nitrogens is 1. The van der Waals surface area contributed by atoms with Crippen molar-refractivity contribution >= 4 is 39.0 Å². The molecule has 4 rings (SSSR count). The van der Waals surface area contributed by atoms with Gasteiger partial charge in [-0.15, -0.1) is 0 Å². The molecule has 1 aromatic heterocycles. The van der Waals surface area contributed by atoms with E-state index < -0.39 is 21.2 Å². The molecule has 0 aliphatic carbocycles. The van der Waals surface area contributed by atoms with Gasteiger partial charge in [-0.1, -0.05) is 18.2 Å². The summed E-state index contributed by atoms with van der Waals surface area (Å²) < 4.78 is 25.0. The van der Waals surface area contributed by atoms with Crippen molar-refractivity contribution < 1.29 is 18.0 Å². The summed E-state index contributed by atoms with van der Waals surface area (Å²) in [5.41, 5.74) is 4.22. The number of imide groups is 1. The highest BCUT2D eigenvalue weighted by Crippen LogP contribution is 2.35. The lowest BCUT2D eigenvalue weighted by Crippen LogP contribution is -2.27. The average molecular weight is 493 g/mol. The number of benzene rings is 2. The molecular weight excluding hydrogens is 472 g/mol. The van der Waals surface area contributed by atoms with Crippen LogP contribution < -0.4 is 5.14 Å². The third kappa shape index (κ3) is 4.41. The van der Waals surface area contributed by atoms with Gasteiger partial charge in [-0.3, -0.25) is 14.5 Å². The number of nitriles is 1. The van der Waals surface area contributed by atoms with E-state index in [0.717, 1.165) is 39.3 Å². The Hall–Kier alpha value is -3.65. The van der Waals surface area contributed by atoms with Crippen LogP contribution in [0, 0.1) is 25.2 Å². The molecule has 0 spiro atoms. The number of nitrogens with zero attached hydrogens (tertiary/aromatic N) is 3. The maximum Gasteiger partial charge on any atom is 0.293 e. The Morgan fingerprint density at radius 2 is 1.76 bits per heavy atom. The predicted molar refractivity (Wildman–Crippen MR) is 129 cm³/mol. The van der Waals surface area contributed by atoms with Gasteiger partial charge < -0.3 is 4.57 Å². The first-order chi connectivity index (χ1) is 16.1. The van der Waals surface area contributed by atoms with Crippen molar-refractivity contribution in [3.05, 3.63) is 87.6 Å². The summed E-state index contributed by atoms with van der Waals surface area (Å²) in [5, 5.41) is 14.1. The lowest BCUT2D eigenvalue weighted by molar-refractivity contribution is -0.123. The Kier molecular flexibility index (Phi) is 6.18. The van der Waals surface area contributed by atoms with Crippen molar-refractivity contribution in [1.29, 1.82) is 5.26 Å². The zero-order chi connectivity index (χ0) is 24.6. The molecule has 1 aliphatic rings. The number of amides is 2. The predicted octanol–water partition coefficient (Wildman–Crippen LogP) is 3.85.